The molecule has 0 spiro atoms. The Hall–Kier alpha value is -3.80. The van der Waals surface area contributed by atoms with Crippen molar-refractivity contribution in [3.8, 4) is 0 Å². The Kier molecular flexibility index (Phi) is 3.75. The molecule has 6 nitrogen and oxygen atoms in total. The van der Waals surface area contributed by atoms with Crippen LogP contribution in [-0.2, 0) is 0 Å². The van der Waals surface area contributed by atoms with E-state index < -0.39 is 0 Å². The van der Waals surface area contributed by atoms with Crippen LogP contribution in [0.4, 0.5) is 22.9 Å². The Morgan fingerprint density at radius 1 is 0.909 bits per heavy atom. The fourth-order valence-corrected chi connectivity index (χ4v) is 6.55. The highest BCUT2D eigenvalue weighted by molar-refractivity contribution is 5.85. The van der Waals surface area contributed by atoms with Gasteiger partial charge in [0.1, 0.15) is 24.3 Å². The van der Waals surface area contributed by atoms with Crippen LogP contribution in [0.5, 0.6) is 0 Å². The van der Waals surface area contributed by atoms with Gasteiger partial charge in [0.15, 0.2) is 5.82 Å². The summed E-state index contributed by atoms with van der Waals surface area (Å²) >= 11 is 0. The lowest BCUT2D eigenvalue weighted by molar-refractivity contribution is 0.186. The molecule has 0 amide bonds. The van der Waals surface area contributed by atoms with Gasteiger partial charge in [0.2, 0.25) is 0 Å². The van der Waals surface area contributed by atoms with E-state index in [1.54, 1.807) is 6.33 Å². The zero-order valence-electron chi connectivity index (χ0n) is 18.8. The molecule has 164 valence electrons. The minimum Gasteiger partial charge on any atom is -0.358 e. The number of nitrogens with zero attached hydrogens (tertiary/aromatic N) is 6. The summed E-state index contributed by atoms with van der Waals surface area (Å²) in [6.07, 6.45) is 9.28. The molecule has 4 aliphatic heterocycles. The van der Waals surface area contributed by atoms with Gasteiger partial charge in [-0.25, -0.2) is 9.97 Å². The van der Waals surface area contributed by atoms with Gasteiger partial charge in [-0.3, -0.25) is 0 Å². The number of hydrogen-bond acceptors (Lipinski definition) is 6. The van der Waals surface area contributed by atoms with Crippen molar-refractivity contribution in [2.24, 2.45) is 5.92 Å². The summed E-state index contributed by atoms with van der Waals surface area (Å²) in [5, 5.41) is 0. The second-order valence-electron chi connectivity index (χ2n) is 9.48. The topological polar surface area (TPSA) is 38.7 Å². The molecule has 5 heterocycles. The molecule has 0 aliphatic carbocycles. The van der Waals surface area contributed by atoms with Gasteiger partial charge in [-0.2, -0.15) is 0 Å². The zero-order chi connectivity index (χ0) is 22.3. The quantitative estimate of drug-likeness (QED) is 0.508. The summed E-state index contributed by atoms with van der Waals surface area (Å²) in [6, 6.07) is 17.6. The molecule has 2 aromatic carbocycles. The van der Waals surface area contributed by atoms with E-state index in [0.717, 1.165) is 17.9 Å². The van der Waals surface area contributed by atoms with Crippen LogP contribution >= 0.6 is 0 Å². The van der Waals surface area contributed by atoms with Crippen LogP contribution < -0.4 is 14.7 Å². The van der Waals surface area contributed by atoms with Gasteiger partial charge in [-0.15, -0.1) is 0 Å². The standard InChI is InChI=1S/C27H26N6/c1-17-14-20-19-9-5-7-11-22(19)33-23-15-28-16-29-25(23)31(3)27(33)24(20)26-30(2)12-13-32(26)21-10-6-4-8-18(17)21/h4-13,15-16,20,24,26-27H,1,14H2,2-3H3. The number of benzene rings is 2. The maximum atomic E-state index is 4.69. The summed E-state index contributed by atoms with van der Waals surface area (Å²) < 4.78 is 0. The Balaban J connectivity index is 1.50. The third-order valence-electron chi connectivity index (χ3n) is 7.87. The van der Waals surface area contributed by atoms with Crippen molar-refractivity contribution < 1.29 is 0 Å². The lowest BCUT2D eigenvalue weighted by Gasteiger charge is -2.52. The van der Waals surface area contributed by atoms with Gasteiger partial charge in [0.25, 0.3) is 0 Å². The van der Waals surface area contributed by atoms with E-state index in [1.807, 2.05) is 6.20 Å². The first kappa shape index (κ1) is 18.7. The number of allylic oxidation sites excluding steroid dienone is 1. The maximum Gasteiger partial charge on any atom is 0.157 e. The largest absolute Gasteiger partial charge is 0.358 e. The van der Waals surface area contributed by atoms with Crippen molar-refractivity contribution in [2.45, 2.75) is 24.7 Å². The third kappa shape index (κ3) is 2.38. The number of aromatic nitrogens is 2. The molecule has 0 bridgehead atoms. The first-order valence-corrected chi connectivity index (χ1v) is 11.5. The molecule has 0 N–H and O–H groups in total. The Bertz CT molecular complexity index is 1320. The SMILES string of the molecule is C=C1CC2c3ccccc3N3c4cncnc4N(C)C3C2C2N(C)C=CN2c2ccccc21. The molecule has 0 radical (unpaired) electrons. The van der Waals surface area contributed by atoms with E-state index in [1.165, 1.54) is 28.1 Å². The molecule has 3 aromatic rings. The molecular formula is C27H26N6. The smallest absolute Gasteiger partial charge is 0.157 e. The van der Waals surface area contributed by atoms with Gasteiger partial charge in [-0.1, -0.05) is 43.0 Å². The monoisotopic (exact) mass is 434 g/mol. The molecule has 4 atom stereocenters. The molecular weight excluding hydrogens is 408 g/mol. The van der Waals surface area contributed by atoms with Crippen molar-refractivity contribution in [1.82, 2.24) is 14.9 Å². The van der Waals surface area contributed by atoms with Crippen molar-refractivity contribution in [3.05, 3.63) is 91.2 Å². The van der Waals surface area contributed by atoms with E-state index >= 15 is 0 Å². The fraction of sp³-hybridized carbons (Fsp3) is 0.259. The lowest BCUT2D eigenvalue weighted by Crippen LogP contribution is -2.59. The van der Waals surface area contributed by atoms with E-state index in [-0.39, 0.29) is 18.2 Å². The molecule has 1 aromatic heterocycles. The Morgan fingerprint density at radius 2 is 1.70 bits per heavy atom. The van der Waals surface area contributed by atoms with Gasteiger partial charge in [-0.05, 0) is 29.7 Å². The zero-order valence-corrected chi connectivity index (χ0v) is 18.8. The molecule has 0 saturated heterocycles. The summed E-state index contributed by atoms with van der Waals surface area (Å²) in [6.45, 7) is 4.58. The number of fused-ring (bicyclic) bond motifs is 12. The Morgan fingerprint density at radius 3 is 2.58 bits per heavy atom. The van der Waals surface area contributed by atoms with Crippen LogP contribution in [0.3, 0.4) is 0 Å². The normalized spacial score (nSPS) is 26.7. The first-order valence-electron chi connectivity index (χ1n) is 11.5. The van der Waals surface area contributed by atoms with Crippen molar-refractivity contribution in [1.29, 1.82) is 0 Å². The minimum atomic E-state index is 0.129. The van der Waals surface area contributed by atoms with Crippen LogP contribution in [0.15, 0.2) is 80.0 Å². The predicted octanol–water partition coefficient (Wildman–Crippen LogP) is 4.77. The molecule has 7 rings (SSSR count). The molecule has 0 fully saturated rings. The molecule has 4 aliphatic rings. The van der Waals surface area contributed by atoms with Gasteiger partial charge in [0.05, 0.1) is 11.9 Å². The summed E-state index contributed by atoms with van der Waals surface area (Å²) in [5.74, 6) is 1.60. The minimum absolute atomic E-state index is 0.129. The highest BCUT2D eigenvalue weighted by Crippen LogP contribution is 2.57. The number of para-hydroxylation sites is 2. The molecule has 4 unspecified atom stereocenters. The predicted molar refractivity (Wildman–Crippen MR) is 132 cm³/mol. The van der Waals surface area contributed by atoms with E-state index in [9.17, 15) is 0 Å². The number of hydrogen-bond donors (Lipinski definition) is 0. The van der Waals surface area contributed by atoms with E-state index in [2.05, 4.69) is 111 Å². The lowest BCUT2D eigenvalue weighted by atomic mass is 9.72. The van der Waals surface area contributed by atoms with Crippen molar-refractivity contribution in [2.75, 3.05) is 28.8 Å². The van der Waals surface area contributed by atoms with Crippen LogP contribution in [0.25, 0.3) is 5.57 Å². The molecule has 0 saturated carbocycles. The average molecular weight is 435 g/mol. The van der Waals surface area contributed by atoms with Crippen LogP contribution in [0, 0.1) is 5.92 Å². The molecule has 33 heavy (non-hydrogen) atoms. The highest BCUT2D eigenvalue weighted by atomic mass is 15.5. The summed E-state index contributed by atoms with van der Waals surface area (Å²) in [7, 11) is 4.37. The Labute approximate surface area is 194 Å². The van der Waals surface area contributed by atoms with E-state index in [0.29, 0.717) is 5.92 Å². The van der Waals surface area contributed by atoms with Gasteiger partial charge >= 0.3 is 0 Å². The van der Waals surface area contributed by atoms with Crippen LogP contribution in [-0.4, -0.2) is 41.3 Å². The maximum absolute atomic E-state index is 4.69. The van der Waals surface area contributed by atoms with Gasteiger partial charge in [0, 0.05) is 49.6 Å². The van der Waals surface area contributed by atoms with Crippen molar-refractivity contribution in [3.63, 3.8) is 0 Å². The molecule has 6 heteroatoms. The summed E-state index contributed by atoms with van der Waals surface area (Å²) in [4.78, 5) is 18.7. The average Bonchev–Trinajstić information content (AvgIpc) is 3.36. The first-order chi connectivity index (χ1) is 16.1. The van der Waals surface area contributed by atoms with Crippen molar-refractivity contribution >= 4 is 28.5 Å². The number of rotatable bonds is 0. The highest BCUT2D eigenvalue weighted by Gasteiger charge is 2.54. The fourth-order valence-electron chi connectivity index (χ4n) is 6.55. The van der Waals surface area contributed by atoms with Crippen LogP contribution in [0.1, 0.15) is 23.5 Å². The van der Waals surface area contributed by atoms with E-state index in [4.69, 9.17) is 0 Å². The third-order valence-corrected chi connectivity index (χ3v) is 7.87. The number of anilines is 4. The second-order valence-corrected chi connectivity index (χ2v) is 9.48. The van der Waals surface area contributed by atoms with Crippen LogP contribution in [0.2, 0.25) is 0 Å². The summed E-state index contributed by atoms with van der Waals surface area (Å²) in [5.41, 5.74) is 7.39. The second kappa shape index (κ2) is 6.61. The van der Waals surface area contributed by atoms with Gasteiger partial charge < -0.3 is 19.6 Å².